The van der Waals surface area contributed by atoms with Crippen molar-refractivity contribution in [3.05, 3.63) is 30.1 Å². The molecule has 0 fully saturated rings. The molecule has 0 saturated carbocycles. The molecule has 9 heteroatoms. The summed E-state index contributed by atoms with van der Waals surface area (Å²) in [4.78, 5) is 29.9. The van der Waals surface area contributed by atoms with Gasteiger partial charge in [-0.2, -0.15) is 0 Å². The first-order valence-corrected chi connectivity index (χ1v) is 9.22. The fourth-order valence-corrected chi connectivity index (χ4v) is 2.89. The Balaban J connectivity index is 1.78. The minimum absolute atomic E-state index is 0.0360. The van der Waals surface area contributed by atoms with Crippen LogP contribution in [0.2, 0.25) is 0 Å². The molecule has 2 N–H and O–H groups in total. The number of carbonyl (C=O) groups is 2. The van der Waals surface area contributed by atoms with E-state index in [1.807, 2.05) is 0 Å². The van der Waals surface area contributed by atoms with E-state index in [1.165, 1.54) is 16.7 Å². The number of nitrogens with one attached hydrogen (secondary N) is 2. The molecule has 1 aromatic heterocycles. The minimum Gasteiger partial charge on any atom is -0.497 e. The fourth-order valence-electron chi connectivity index (χ4n) is 2.13. The highest BCUT2D eigenvalue weighted by Gasteiger charge is 2.15. The van der Waals surface area contributed by atoms with E-state index < -0.39 is 0 Å². The number of H-pyrrole nitrogens is 1. The van der Waals surface area contributed by atoms with Gasteiger partial charge in [0.1, 0.15) is 11.6 Å². The van der Waals surface area contributed by atoms with Crippen molar-refractivity contribution in [2.45, 2.75) is 24.9 Å². The molecule has 0 bridgehead atoms. The molecular formula is C17H23N5O3S. The third-order valence-electron chi connectivity index (χ3n) is 3.48. The number of nitrogens with zero attached hydrogens (tertiary/aromatic N) is 3. The van der Waals surface area contributed by atoms with Crippen LogP contribution in [0.25, 0.3) is 0 Å². The number of ether oxygens (including phenoxy) is 1. The van der Waals surface area contributed by atoms with Crippen LogP contribution < -0.4 is 10.1 Å². The zero-order valence-corrected chi connectivity index (χ0v) is 15.9. The van der Waals surface area contributed by atoms with Crippen LogP contribution in [0.1, 0.15) is 19.2 Å². The molecule has 2 amide bonds. The monoisotopic (exact) mass is 377 g/mol. The molecule has 140 valence electrons. The summed E-state index contributed by atoms with van der Waals surface area (Å²) < 4.78 is 5.11. The molecule has 0 aliphatic rings. The van der Waals surface area contributed by atoms with Gasteiger partial charge in [0, 0.05) is 25.2 Å². The van der Waals surface area contributed by atoms with E-state index >= 15 is 0 Å². The minimum atomic E-state index is -0.276. The van der Waals surface area contributed by atoms with Gasteiger partial charge in [-0.1, -0.05) is 24.8 Å². The number of aryl methyl sites for hydroxylation is 1. The summed E-state index contributed by atoms with van der Waals surface area (Å²) in [5.74, 6) is 1.19. The second-order valence-electron chi connectivity index (χ2n) is 5.63. The molecule has 0 spiro atoms. The maximum atomic E-state index is 12.2. The topological polar surface area (TPSA) is 100 Å². The van der Waals surface area contributed by atoms with E-state index in [2.05, 4.69) is 27.4 Å². The summed E-state index contributed by atoms with van der Waals surface area (Å²) in [7, 11) is 3.15. The lowest BCUT2D eigenvalue weighted by atomic mass is 10.3. The van der Waals surface area contributed by atoms with Gasteiger partial charge >= 0.3 is 0 Å². The normalized spacial score (nSPS) is 10.4. The first kappa shape index (κ1) is 19.8. The number of aromatic nitrogens is 3. The number of rotatable bonds is 9. The summed E-state index contributed by atoms with van der Waals surface area (Å²) in [5, 5.41) is 10.2. The Morgan fingerprint density at radius 2 is 2.19 bits per heavy atom. The van der Waals surface area contributed by atoms with Gasteiger partial charge in [0.15, 0.2) is 0 Å². The molecule has 1 aromatic carbocycles. The van der Waals surface area contributed by atoms with Crippen LogP contribution in [0.3, 0.4) is 0 Å². The van der Waals surface area contributed by atoms with E-state index in [1.54, 1.807) is 38.4 Å². The summed E-state index contributed by atoms with van der Waals surface area (Å²) in [6.45, 7) is 2.02. The smallest absolute Gasteiger partial charge is 0.243 e. The van der Waals surface area contributed by atoms with Gasteiger partial charge in [0.05, 0.1) is 19.4 Å². The molecule has 8 nitrogen and oxygen atoms in total. The number of benzene rings is 1. The molecule has 2 aromatic rings. The molecule has 0 aliphatic carbocycles. The van der Waals surface area contributed by atoms with Crippen molar-refractivity contribution in [3.8, 4) is 5.75 Å². The van der Waals surface area contributed by atoms with Gasteiger partial charge in [0.25, 0.3) is 0 Å². The second-order valence-corrected chi connectivity index (χ2v) is 6.58. The number of carbonyl (C=O) groups excluding carboxylic acids is 2. The van der Waals surface area contributed by atoms with E-state index in [0.717, 1.165) is 18.7 Å². The Bertz CT molecular complexity index is 750. The average molecular weight is 377 g/mol. The number of amides is 2. The zero-order valence-electron chi connectivity index (χ0n) is 15.1. The van der Waals surface area contributed by atoms with Crippen molar-refractivity contribution in [1.82, 2.24) is 20.1 Å². The molecular weight excluding hydrogens is 354 g/mol. The lowest BCUT2D eigenvalue weighted by Crippen LogP contribution is -2.35. The second kappa shape index (κ2) is 9.81. The number of aromatic amines is 1. The Labute approximate surface area is 156 Å². The lowest BCUT2D eigenvalue weighted by Gasteiger charge is -2.16. The first-order valence-electron chi connectivity index (χ1n) is 8.23. The van der Waals surface area contributed by atoms with Crippen LogP contribution >= 0.6 is 11.8 Å². The first-order chi connectivity index (χ1) is 12.5. The van der Waals surface area contributed by atoms with Gasteiger partial charge in [-0.15, -0.1) is 5.10 Å². The van der Waals surface area contributed by atoms with Crippen molar-refractivity contribution >= 4 is 29.3 Å². The molecule has 2 rings (SSSR count). The number of hydrogen-bond acceptors (Lipinski definition) is 6. The summed E-state index contributed by atoms with van der Waals surface area (Å²) in [5.41, 5.74) is 0.619. The van der Waals surface area contributed by atoms with Gasteiger partial charge < -0.3 is 15.0 Å². The SMILES string of the molecule is CCCc1nc(SCC(=O)N(C)CC(=O)Nc2cccc(OC)c2)n[nH]1. The average Bonchev–Trinajstić information content (AvgIpc) is 3.07. The highest BCUT2D eigenvalue weighted by Crippen LogP contribution is 2.17. The van der Waals surface area contributed by atoms with Crippen molar-refractivity contribution in [3.63, 3.8) is 0 Å². The van der Waals surface area contributed by atoms with Gasteiger partial charge in [-0.3, -0.25) is 14.7 Å². The van der Waals surface area contributed by atoms with Crippen LogP contribution in [0.5, 0.6) is 5.75 Å². The van der Waals surface area contributed by atoms with E-state index in [0.29, 0.717) is 16.6 Å². The Hall–Kier alpha value is -2.55. The van der Waals surface area contributed by atoms with E-state index in [-0.39, 0.29) is 24.1 Å². The maximum absolute atomic E-state index is 12.2. The van der Waals surface area contributed by atoms with Crippen molar-refractivity contribution in [2.24, 2.45) is 0 Å². The molecule has 26 heavy (non-hydrogen) atoms. The van der Waals surface area contributed by atoms with Crippen LogP contribution in [0, 0.1) is 0 Å². The highest BCUT2D eigenvalue weighted by atomic mass is 32.2. The van der Waals surface area contributed by atoms with E-state index in [4.69, 9.17) is 4.74 Å². The Morgan fingerprint density at radius 1 is 1.38 bits per heavy atom. The lowest BCUT2D eigenvalue weighted by molar-refractivity contribution is -0.131. The zero-order chi connectivity index (χ0) is 18.9. The molecule has 0 atom stereocenters. The Kier molecular flexibility index (Phi) is 7.46. The predicted octanol–water partition coefficient (Wildman–Crippen LogP) is 1.95. The van der Waals surface area contributed by atoms with Gasteiger partial charge in [0.2, 0.25) is 17.0 Å². The number of anilines is 1. The van der Waals surface area contributed by atoms with Gasteiger partial charge in [-0.05, 0) is 18.6 Å². The van der Waals surface area contributed by atoms with Crippen molar-refractivity contribution in [1.29, 1.82) is 0 Å². The van der Waals surface area contributed by atoms with Crippen molar-refractivity contribution < 1.29 is 14.3 Å². The maximum Gasteiger partial charge on any atom is 0.243 e. The predicted molar refractivity (Wildman–Crippen MR) is 100 cm³/mol. The molecule has 0 radical (unpaired) electrons. The van der Waals surface area contributed by atoms with Crippen LogP contribution in [0.15, 0.2) is 29.4 Å². The largest absolute Gasteiger partial charge is 0.497 e. The summed E-state index contributed by atoms with van der Waals surface area (Å²) in [6.07, 6.45) is 1.80. The summed E-state index contributed by atoms with van der Waals surface area (Å²) >= 11 is 1.25. The third kappa shape index (κ3) is 6.07. The van der Waals surface area contributed by atoms with Gasteiger partial charge in [-0.25, -0.2) is 4.98 Å². The molecule has 0 unspecified atom stereocenters. The molecule has 1 heterocycles. The number of thioether (sulfide) groups is 1. The molecule has 0 saturated heterocycles. The van der Waals surface area contributed by atoms with Crippen LogP contribution in [-0.4, -0.2) is 58.4 Å². The number of hydrogen-bond donors (Lipinski definition) is 2. The van der Waals surface area contributed by atoms with Crippen LogP contribution in [-0.2, 0) is 16.0 Å². The standard InChI is InChI=1S/C17H23N5O3S/c1-4-6-14-19-17(21-20-14)26-11-16(24)22(2)10-15(23)18-12-7-5-8-13(9-12)25-3/h5,7-9H,4,6,10-11H2,1-3H3,(H,18,23)(H,19,20,21). The quantitative estimate of drug-likeness (QED) is 0.648. The fraction of sp³-hybridized carbons (Fsp3) is 0.412. The summed E-state index contributed by atoms with van der Waals surface area (Å²) in [6, 6.07) is 7.04. The van der Waals surface area contributed by atoms with Crippen molar-refractivity contribution in [2.75, 3.05) is 31.8 Å². The molecule has 0 aliphatic heterocycles. The Morgan fingerprint density at radius 3 is 2.92 bits per heavy atom. The number of likely N-dealkylation sites (N-methyl/N-ethyl adjacent to an activating group) is 1. The van der Waals surface area contributed by atoms with Crippen LogP contribution in [0.4, 0.5) is 5.69 Å². The number of methoxy groups -OCH3 is 1. The third-order valence-corrected chi connectivity index (χ3v) is 4.31. The van der Waals surface area contributed by atoms with E-state index in [9.17, 15) is 9.59 Å². The highest BCUT2D eigenvalue weighted by molar-refractivity contribution is 7.99.